The number of isocyanates is 1. The largest absolute Gasteiger partial charge is 0.240 e. The maximum atomic E-state index is 10.5. The summed E-state index contributed by atoms with van der Waals surface area (Å²) in [4.78, 5) is 14.3. The fourth-order valence-electron chi connectivity index (χ4n) is 2.36. The summed E-state index contributed by atoms with van der Waals surface area (Å²) in [5.41, 5.74) is 2.70. The summed E-state index contributed by atoms with van der Waals surface area (Å²) in [6.45, 7) is 0. The lowest BCUT2D eigenvalue weighted by Crippen LogP contribution is -1.83. The molecule has 0 bridgehead atoms. The normalized spacial score (nSPS) is 10.2. The van der Waals surface area contributed by atoms with Gasteiger partial charge in [-0.2, -0.15) is 4.99 Å². The summed E-state index contributed by atoms with van der Waals surface area (Å²) in [5, 5.41) is 2.33. The van der Waals surface area contributed by atoms with Crippen molar-refractivity contribution in [2.24, 2.45) is 4.99 Å². The lowest BCUT2D eigenvalue weighted by molar-refractivity contribution is 0.565. The minimum absolute atomic E-state index is 0.542. The molecular weight excluding hydrogens is 270 g/mol. The van der Waals surface area contributed by atoms with Gasteiger partial charge in [-0.05, 0) is 28.6 Å². The minimum atomic E-state index is 0.542. The van der Waals surface area contributed by atoms with E-state index in [-0.39, 0.29) is 0 Å². The molecule has 3 heteroatoms. The minimum Gasteiger partial charge on any atom is -0.211 e. The van der Waals surface area contributed by atoms with E-state index in [4.69, 9.17) is 11.6 Å². The Hall–Kier alpha value is -2.41. The van der Waals surface area contributed by atoms with Crippen molar-refractivity contribution < 1.29 is 4.79 Å². The number of rotatable bonds is 2. The van der Waals surface area contributed by atoms with E-state index in [2.05, 4.69) is 4.99 Å². The van der Waals surface area contributed by atoms with Crippen LogP contribution in [-0.4, -0.2) is 6.08 Å². The van der Waals surface area contributed by atoms with E-state index in [0.29, 0.717) is 10.7 Å². The number of halogens is 1. The first-order valence-electron chi connectivity index (χ1n) is 6.16. The summed E-state index contributed by atoms with van der Waals surface area (Å²) in [5.74, 6) is 0. The van der Waals surface area contributed by atoms with Gasteiger partial charge >= 0.3 is 0 Å². The van der Waals surface area contributed by atoms with Crippen LogP contribution in [0, 0.1) is 0 Å². The summed E-state index contributed by atoms with van der Waals surface area (Å²) < 4.78 is 0. The first-order valence-corrected chi connectivity index (χ1v) is 6.53. The average Bonchev–Trinajstić information content (AvgIpc) is 2.49. The zero-order valence-electron chi connectivity index (χ0n) is 10.5. The van der Waals surface area contributed by atoms with E-state index >= 15 is 0 Å². The van der Waals surface area contributed by atoms with Crippen LogP contribution in [-0.2, 0) is 4.79 Å². The SMILES string of the molecule is O=C=Nc1ccc(-c2ccccc2)c2cccc(Cl)c12. The van der Waals surface area contributed by atoms with E-state index in [1.54, 1.807) is 18.2 Å². The molecule has 0 aliphatic heterocycles. The summed E-state index contributed by atoms with van der Waals surface area (Å²) in [7, 11) is 0. The molecule has 0 aliphatic rings. The second-order valence-electron chi connectivity index (χ2n) is 4.36. The molecule has 0 amide bonds. The van der Waals surface area contributed by atoms with Crippen molar-refractivity contribution in [2.45, 2.75) is 0 Å². The Kier molecular flexibility index (Phi) is 3.34. The number of carbonyl (C=O) groups excluding carboxylic acids is 1. The Bertz CT molecular complexity index is 821. The second-order valence-corrected chi connectivity index (χ2v) is 4.77. The Morgan fingerprint density at radius 3 is 2.45 bits per heavy atom. The first-order chi connectivity index (χ1) is 9.81. The third-order valence-electron chi connectivity index (χ3n) is 3.22. The summed E-state index contributed by atoms with van der Waals surface area (Å²) in [6, 6.07) is 19.4. The predicted molar refractivity (Wildman–Crippen MR) is 82.2 cm³/mol. The first kappa shape index (κ1) is 12.6. The van der Waals surface area contributed by atoms with Crippen molar-refractivity contribution in [1.29, 1.82) is 0 Å². The van der Waals surface area contributed by atoms with Crippen molar-refractivity contribution in [3.8, 4) is 11.1 Å². The molecule has 96 valence electrons. The Morgan fingerprint density at radius 1 is 0.900 bits per heavy atom. The van der Waals surface area contributed by atoms with E-state index in [1.165, 1.54) is 0 Å². The Labute approximate surface area is 121 Å². The molecule has 0 aliphatic carbocycles. The highest BCUT2D eigenvalue weighted by Gasteiger charge is 2.10. The van der Waals surface area contributed by atoms with E-state index < -0.39 is 0 Å². The third kappa shape index (κ3) is 2.12. The van der Waals surface area contributed by atoms with Crippen molar-refractivity contribution in [3.05, 3.63) is 65.7 Å². The quantitative estimate of drug-likeness (QED) is 0.472. The molecule has 0 heterocycles. The molecule has 0 N–H and O–H groups in total. The Morgan fingerprint density at radius 2 is 1.70 bits per heavy atom. The Balaban J connectivity index is 2.40. The molecule has 0 radical (unpaired) electrons. The number of aliphatic imine (C=N–C) groups is 1. The highest BCUT2D eigenvalue weighted by Crippen LogP contribution is 2.38. The van der Waals surface area contributed by atoms with Gasteiger partial charge in [-0.25, -0.2) is 4.79 Å². The van der Waals surface area contributed by atoms with Gasteiger partial charge < -0.3 is 0 Å². The monoisotopic (exact) mass is 279 g/mol. The molecule has 0 aromatic heterocycles. The van der Waals surface area contributed by atoms with Crippen LogP contribution < -0.4 is 0 Å². The van der Waals surface area contributed by atoms with Crippen LogP contribution in [0.1, 0.15) is 0 Å². The number of hydrogen-bond acceptors (Lipinski definition) is 2. The average molecular weight is 280 g/mol. The molecule has 0 saturated carbocycles. The van der Waals surface area contributed by atoms with Crippen LogP contribution in [0.4, 0.5) is 5.69 Å². The number of benzene rings is 3. The van der Waals surface area contributed by atoms with Gasteiger partial charge in [-0.15, -0.1) is 0 Å². The molecule has 0 saturated heterocycles. The number of nitrogens with zero attached hydrogens (tertiary/aromatic N) is 1. The summed E-state index contributed by atoms with van der Waals surface area (Å²) >= 11 is 6.27. The molecule has 3 aromatic carbocycles. The van der Waals surface area contributed by atoms with E-state index in [0.717, 1.165) is 21.9 Å². The van der Waals surface area contributed by atoms with Crippen molar-refractivity contribution >= 4 is 34.1 Å². The molecule has 0 unspecified atom stereocenters. The zero-order chi connectivity index (χ0) is 13.9. The van der Waals surface area contributed by atoms with Crippen LogP contribution >= 0.6 is 11.6 Å². The van der Waals surface area contributed by atoms with Gasteiger partial charge in [0.25, 0.3) is 0 Å². The smallest absolute Gasteiger partial charge is 0.211 e. The van der Waals surface area contributed by atoms with Gasteiger partial charge in [-0.3, -0.25) is 0 Å². The van der Waals surface area contributed by atoms with E-state index in [1.807, 2.05) is 48.5 Å². The van der Waals surface area contributed by atoms with Crippen molar-refractivity contribution in [1.82, 2.24) is 0 Å². The fourth-order valence-corrected chi connectivity index (χ4v) is 2.63. The van der Waals surface area contributed by atoms with Crippen LogP contribution in [0.5, 0.6) is 0 Å². The number of hydrogen-bond donors (Lipinski definition) is 0. The highest BCUT2D eigenvalue weighted by atomic mass is 35.5. The molecule has 3 rings (SSSR count). The van der Waals surface area contributed by atoms with Crippen LogP contribution in [0.25, 0.3) is 21.9 Å². The van der Waals surface area contributed by atoms with Gasteiger partial charge in [0.2, 0.25) is 6.08 Å². The lowest BCUT2D eigenvalue weighted by Gasteiger charge is -2.09. The highest BCUT2D eigenvalue weighted by molar-refractivity contribution is 6.37. The van der Waals surface area contributed by atoms with Crippen LogP contribution in [0.15, 0.2) is 65.7 Å². The summed E-state index contributed by atoms with van der Waals surface area (Å²) in [6.07, 6.45) is 1.58. The van der Waals surface area contributed by atoms with Crippen molar-refractivity contribution in [3.63, 3.8) is 0 Å². The third-order valence-corrected chi connectivity index (χ3v) is 3.53. The maximum absolute atomic E-state index is 10.5. The van der Waals surface area contributed by atoms with Gasteiger partial charge in [0.1, 0.15) is 0 Å². The molecule has 0 atom stereocenters. The fraction of sp³-hybridized carbons (Fsp3) is 0. The van der Waals surface area contributed by atoms with Crippen LogP contribution in [0.3, 0.4) is 0 Å². The molecule has 0 fully saturated rings. The van der Waals surface area contributed by atoms with E-state index in [9.17, 15) is 4.79 Å². The van der Waals surface area contributed by atoms with Gasteiger partial charge in [0, 0.05) is 5.39 Å². The topological polar surface area (TPSA) is 29.4 Å². The van der Waals surface area contributed by atoms with Gasteiger partial charge in [0.05, 0.1) is 10.7 Å². The lowest BCUT2D eigenvalue weighted by atomic mass is 9.97. The number of fused-ring (bicyclic) bond motifs is 1. The van der Waals surface area contributed by atoms with Crippen molar-refractivity contribution in [2.75, 3.05) is 0 Å². The zero-order valence-corrected chi connectivity index (χ0v) is 11.3. The predicted octanol–water partition coefficient (Wildman–Crippen LogP) is 5.13. The molecule has 3 aromatic rings. The van der Waals surface area contributed by atoms with Crippen LogP contribution in [0.2, 0.25) is 5.02 Å². The van der Waals surface area contributed by atoms with Gasteiger partial charge in [0.15, 0.2) is 0 Å². The maximum Gasteiger partial charge on any atom is 0.240 e. The van der Waals surface area contributed by atoms with Gasteiger partial charge in [-0.1, -0.05) is 60.1 Å². The molecule has 2 nitrogen and oxygen atoms in total. The standard InChI is InChI=1S/C17H10ClNO/c18-15-8-4-7-14-13(12-5-2-1-3-6-12)9-10-16(17(14)15)19-11-20/h1-10H. The molecule has 0 spiro atoms. The second kappa shape index (κ2) is 5.30. The molecular formula is C17H10ClNO. The molecule has 20 heavy (non-hydrogen) atoms.